The van der Waals surface area contributed by atoms with Crippen LogP contribution in [-0.4, -0.2) is 44.0 Å². The van der Waals surface area contributed by atoms with Crippen molar-refractivity contribution in [3.63, 3.8) is 0 Å². The normalized spacial score (nSPS) is 10.7. The highest BCUT2D eigenvalue weighted by Crippen LogP contribution is 2.07. The van der Waals surface area contributed by atoms with E-state index in [1.54, 1.807) is 19.0 Å². The Morgan fingerprint density at radius 1 is 1.22 bits per heavy atom. The number of carbonyl (C=O) groups excluding carboxylic acids is 1. The summed E-state index contributed by atoms with van der Waals surface area (Å²) in [6.07, 6.45) is 2.20. The van der Waals surface area contributed by atoms with Gasteiger partial charge in [0.25, 0.3) is 0 Å². The van der Waals surface area contributed by atoms with E-state index >= 15 is 0 Å². The summed E-state index contributed by atoms with van der Waals surface area (Å²) in [5, 5.41) is 6.37. The molecular formula is C17H29IN4O. The van der Waals surface area contributed by atoms with Crippen molar-refractivity contribution in [2.24, 2.45) is 4.99 Å². The molecule has 1 aromatic carbocycles. The quantitative estimate of drug-likeness (QED) is 0.301. The number of hydrogen-bond acceptors (Lipinski definition) is 2. The molecule has 6 heteroatoms. The molecule has 1 rings (SSSR count). The molecule has 5 nitrogen and oxygen atoms in total. The van der Waals surface area contributed by atoms with E-state index < -0.39 is 0 Å². The number of nitrogens with zero attached hydrogens (tertiary/aromatic N) is 2. The van der Waals surface area contributed by atoms with Gasteiger partial charge in [0, 0.05) is 20.6 Å². The number of benzene rings is 1. The number of carbonyl (C=O) groups is 1. The van der Waals surface area contributed by atoms with Crippen LogP contribution >= 0.6 is 24.0 Å². The fourth-order valence-corrected chi connectivity index (χ4v) is 1.83. The summed E-state index contributed by atoms with van der Waals surface area (Å²) >= 11 is 0. The number of aryl methyl sites for hydroxylation is 1. The van der Waals surface area contributed by atoms with E-state index in [2.05, 4.69) is 41.6 Å². The van der Waals surface area contributed by atoms with Crippen LogP contribution in [0, 0.1) is 6.92 Å². The third-order valence-corrected chi connectivity index (χ3v) is 3.40. The Hall–Kier alpha value is -1.31. The molecule has 2 N–H and O–H groups in total. The highest BCUT2D eigenvalue weighted by atomic mass is 127. The SMILES string of the molecule is CCCCNC(=NCc1ccccc1C)NCC(=O)N(C)C.I. The predicted octanol–water partition coefficient (Wildman–Crippen LogP) is 2.54. The Balaban J connectivity index is 0.00000484. The molecule has 0 saturated heterocycles. The van der Waals surface area contributed by atoms with Gasteiger partial charge in [-0.15, -0.1) is 24.0 Å². The van der Waals surface area contributed by atoms with Gasteiger partial charge in [-0.1, -0.05) is 37.6 Å². The molecule has 0 aromatic heterocycles. The van der Waals surface area contributed by atoms with E-state index in [0.717, 1.165) is 19.4 Å². The van der Waals surface area contributed by atoms with Crippen molar-refractivity contribution in [2.75, 3.05) is 27.2 Å². The first kappa shape index (κ1) is 21.7. The van der Waals surface area contributed by atoms with Crippen LogP contribution in [0.3, 0.4) is 0 Å². The fraction of sp³-hybridized carbons (Fsp3) is 0.529. The van der Waals surface area contributed by atoms with Crippen LogP contribution in [0.25, 0.3) is 0 Å². The van der Waals surface area contributed by atoms with Crippen molar-refractivity contribution in [3.05, 3.63) is 35.4 Å². The van der Waals surface area contributed by atoms with Gasteiger partial charge < -0.3 is 15.5 Å². The third-order valence-electron chi connectivity index (χ3n) is 3.40. The van der Waals surface area contributed by atoms with Crippen molar-refractivity contribution < 1.29 is 4.79 Å². The second-order valence-electron chi connectivity index (χ2n) is 5.51. The smallest absolute Gasteiger partial charge is 0.241 e. The van der Waals surface area contributed by atoms with E-state index in [0.29, 0.717) is 12.5 Å². The molecule has 23 heavy (non-hydrogen) atoms. The molecule has 0 unspecified atom stereocenters. The van der Waals surface area contributed by atoms with Crippen molar-refractivity contribution in [1.82, 2.24) is 15.5 Å². The number of guanidine groups is 1. The first-order valence-electron chi connectivity index (χ1n) is 7.81. The summed E-state index contributed by atoms with van der Waals surface area (Å²) in [6, 6.07) is 8.20. The summed E-state index contributed by atoms with van der Waals surface area (Å²) in [4.78, 5) is 17.8. The van der Waals surface area contributed by atoms with Gasteiger partial charge in [0.15, 0.2) is 5.96 Å². The zero-order valence-corrected chi connectivity index (χ0v) is 16.9. The summed E-state index contributed by atoms with van der Waals surface area (Å²) < 4.78 is 0. The van der Waals surface area contributed by atoms with E-state index in [4.69, 9.17) is 0 Å². The van der Waals surface area contributed by atoms with Crippen LogP contribution in [-0.2, 0) is 11.3 Å². The monoisotopic (exact) mass is 432 g/mol. The largest absolute Gasteiger partial charge is 0.356 e. The van der Waals surface area contributed by atoms with Crippen LogP contribution in [0.2, 0.25) is 0 Å². The number of halogens is 1. The van der Waals surface area contributed by atoms with E-state index in [9.17, 15) is 4.79 Å². The van der Waals surface area contributed by atoms with Crippen LogP contribution in [0.1, 0.15) is 30.9 Å². The number of hydrogen-bond donors (Lipinski definition) is 2. The van der Waals surface area contributed by atoms with Gasteiger partial charge in [-0.25, -0.2) is 4.99 Å². The van der Waals surface area contributed by atoms with Crippen molar-refractivity contribution >= 4 is 35.8 Å². The lowest BCUT2D eigenvalue weighted by molar-refractivity contribution is -0.127. The molecule has 1 aromatic rings. The summed E-state index contributed by atoms with van der Waals surface area (Å²) in [7, 11) is 3.50. The minimum absolute atomic E-state index is 0. The zero-order valence-electron chi connectivity index (χ0n) is 14.6. The van der Waals surface area contributed by atoms with E-state index in [1.807, 2.05) is 12.1 Å². The number of rotatable bonds is 7. The summed E-state index contributed by atoms with van der Waals surface area (Å²) in [5.41, 5.74) is 2.42. The first-order chi connectivity index (χ1) is 10.5. The number of aliphatic imine (C=N–C) groups is 1. The molecule has 1 amide bonds. The topological polar surface area (TPSA) is 56.7 Å². The lowest BCUT2D eigenvalue weighted by atomic mass is 10.1. The second-order valence-corrected chi connectivity index (χ2v) is 5.51. The predicted molar refractivity (Wildman–Crippen MR) is 107 cm³/mol. The maximum Gasteiger partial charge on any atom is 0.241 e. The lowest BCUT2D eigenvalue weighted by Crippen LogP contribution is -2.43. The molecule has 0 spiro atoms. The molecule has 0 saturated carbocycles. The molecule has 0 fully saturated rings. The fourth-order valence-electron chi connectivity index (χ4n) is 1.83. The van der Waals surface area contributed by atoms with E-state index in [-0.39, 0.29) is 36.4 Å². The Morgan fingerprint density at radius 3 is 2.52 bits per heavy atom. The molecule has 0 aliphatic rings. The van der Waals surface area contributed by atoms with Crippen LogP contribution in [0.15, 0.2) is 29.3 Å². The number of amides is 1. The zero-order chi connectivity index (χ0) is 16.4. The van der Waals surface area contributed by atoms with Crippen molar-refractivity contribution in [2.45, 2.75) is 33.2 Å². The van der Waals surface area contributed by atoms with Gasteiger partial charge in [0.2, 0.25) is 5.91 Å². The second kappa shape index (κ2) is 12.2. The van der Waals surface area contributed by atoms with Crippen molar-refractivity contribution in [1.29, 1.82) is 0 Å². The van der Waals surface area contributed by atoms with Crippen LogP contribution < -0.4 is 10.6 Å². The molecule has 0 radical (unpaired) electrons. The maximum atomic E-state index is 11.7. The Kier molecular flexibility index (Phi) is 11.5. The minimum atomic E-state index is 0. The molecule has 0 atom stereocenters. The third kappa shape index (κ3) is 8.78. The molecule has 0 aliphatic heterocycles. The summed E-state index contributed by atoms with van der Waals surface area (Å²) in [5.74, 6) is 0.716. The number of likely N-dealkylation sites (N-methyl/N-ethyl adjacent to an activating group) is 1. The Bertz CT molecular complexity index is 503. The van der Waals surface area contributed by atoms with Gasteiger partial charge in [-0.05, 0) is 24.5 Å². The minimum Gasteiger partial charge on any atom is -0.356 e. The lowest BCUT2D eigenvalue weighted by Gasteiger charge is -2.15. The van der Waals surface area contributed by atoms with Crippen molar-refractivity contribution in [3.8, 4) is 0 Å². The molecule has 0 aliphatic carbocycles. The molecular weight excluding hydrogens is 403 g/mol. The average molecular weight is 432 g/mol. The van der Waals surface area contributed by atoms with Crippen LogP contribution in [0.4, 0.5) is 0 Å². The molecule has 130 valence electrons. The number of unbranched alkanes of at least 4 members (excludes halogenated alkanes) is 1. The summed E-state index contributed by atoms with van der Waals surface area (Å²) in [6.45, 7) is 5.93. The molecule has 0 bridgehead atoms. The van der Waals surface area contributed by atoms with Gasteiger partial charge in [-0.3, -0.25) is 4.79 Å². The van der Waals surface area contributed by atoms with Gasteiger partial charge in [-0.2, -0.15) is 0 Å². The van der Waals surface area contributed by atoms with Gasteiger partial charge in [0.1, 0.15) is 0 Å². The van der Waals surface area contributed by atoms with Gasteiger partial charge in [0.05, 0.1) is 13.1 Å². The van der Waals surface area contributed by atoms with E-state index in [1.165, 1.54) is 11.1 Å². The van der Waals surface area contributed by atoms with Gasteiger partial charge >= 0.3 is 0 Å². The molecule has 0 heterocycles. The number of nitrogens with one attached hydrogen (secondary N) is 2. The average Bonchev–Trinajstić information content (AvgIpc) is 2.50. The van der Waals surface area contributed by atoms with Crippen LogP contribution in [0.5, 0.6) is 0 Å². The standard InChI is InChI=1S/C17H28N4O.HI/c1-5-6-11-18-17(20-13-16(22)21(3)4)19-12-15-10-8-7-9-14(15)2;/h7-10H,5-6,11-13H2,1-4H3,(H2,18,19,20);1H. The highest BCUT2D eigenvalue weighted by Gasteiger charge is 2.05. The Labute approximate surface area is 157 Å². The highest BCUT2D eigenvalue weighted by molar-refractivity contribution is 14.0. The first-order valence-corrected chi connectivity index (χ1v) is 7.81. The Morgan fingerprint density at radius 2 is 1.91 bits per heavy atom. The maximum absolute atomic E-state index is 11.7.